The molecule has 2 N–H and O–H groups in total. The van der Waals surface area contributed by atoms with Crippen LogP contribution in [0.2, 0.25) is 0 Å². The number of nitrogens with zero attached hydrogens (tertiary/aromatic N) is 2. The van der Waals surface area contributed by atoms with E-state index in [1.807, 2.05) is 31.2 Å². The lowest BCUT2D eigenvalue weighted by atomic mass is 10.0. The molecule has 0 unspecified atom stereocenters. The zero-order valence-electron chi connectivity index (χ0n) is 20.6. The molecule has 5 rings (SSSR count). The largest absolute Gasteiger partial charge is 0.480 e. The number of carbonyl (C=O) groups is 2. The van der Waals surface area contributed by atoms with Gasteiger partial charge < -0.3 is 14.9 Å². The van der Waals surface area contributed by atoms with Crippen LogP contribution in [0.4, 0.5) is 4.39 Å². The van der Waals surface area contributed by atoms with Gasteiger partial charge in [0, 0.05) is 29.0 Å². The molecule has 1 aromatic heterocycles. The summed E-state index contributed by atoms with van der Waals surface area (Å²) in [6, 6.07) is 17.2. The van der Waals surface area contributed by atoms with Gasteiger partial charge in [0.25, 0.3) is 11.8 Å². The minimum atomic E-state index is -1.26. The molecule has 190 valence electrons. The Morgan fingerprint density at radius 3 is 2.63 bits per heavy atom. The van der Waals surface area contributed by atoms with Crippen molar-refractivity contribution >= 4 is 11.9 Å². The van der Waals surface area contributed by atoms with Crippen LogP contribution in [0.3, 0.4) is 0 Å². The number of carbonyl (C=O) groups excluding carboxylic acids is 1. The van der Waals surface area contributed by atoms with E-state index in [2.05, 4.69) is 27.3 Å². The fourth-order valence-corrected chi connectivity index (χ4v) is 3.84. The van der Waals surface area contributed by atoms with Crippen LogP contribution in [-0.4, -0.2) is 33.2 Å². The van der Waals surface area contributed by atoms with Crippen molar-refractivity contribution in [3.8, 4) is 34.7 Å². The molecule has 1 aliphatic carbocycles. The summed E-state index contributed by atoms with van der Waals surface area (Å²) in [7, 11) is 0. The Labute approximate surface area is 218 Å². The molecule has 1 heterocycles. The Morgan fingerprint density at radius 2 is 1.92 bits per heavy atom. The first kappa shape index (κ1) is 24.9. The van der Waals surface area contributed by atoms with Gasteiger partial charge in [-0.1, -0.05) is 46.8 Å². The molecule has 8 heteroatoms. The van der Waals surface area contributed by atoms with Gasteiger partial charge in [0.1, 0.15) is 11.9 Å². The van der Waals surface area contributed by atoms with Crippen molar-refractivity contribution in [1.29, 1.82) is 0 Å². The Balaban J connectivity index is 1.28. The van der Waals surface area contributed by atoms with Crippen molar-refractivity contribution < 1.29 is 23.6 Å². The molecule has 0 spiro atoms. The lowest BCUT2D eigenvalue weighted by Gasteiger charge is -2.15. The standard InChI is InChI=1S/C30H24FN3O4/c1-18-5-12-22(13-6-18)29-33-27(34-38-29)24-14-11-21(16-25(24)31)17-26(30(36)37)32-28(35)23-4-2-3-20(15-23)10-9-19-7-8-19/h2-6,11-16,19,26H,7-8,17H2,1H3,(H,32,35)(H,36,37)/t26-/m1/s1. The number of carboxylic acids is 1. The first-order chi connectivity index (χ1) is 18.4. The van der Waals surface area contributed by atoms with Crippen LogP contribution in [0.5, 0.6) is 0 Å². The highest BCUT2D eigenvalue weighted by molar-refractivity contribution is 5.97. The average Bonchev–Trinajstić information content (AvgIpc) is 3.62. The molecule has 0 bridgehead atoms. The highest BCUT2D eigenvalue weighted by Crippen LogP contribution is 2.28. The third kappa shape index (κ3) is 5.95. The topological polar surface area (TPSA) is 105 Å². The second-order valence-corrected chi connectivity index (χ2v) is 9.30. The Morgan fingerprint density at radius 1 is 1.13 bits per heavy atom. The van der Waals surface area contributed by atoms with Gasteiger partial charge in [-0.2, -0.15) is 4.98 Å². The van der Waals surface area contributed by atoms with Crippen LogP contribution < -0.4 is 5.32 Å². The van der Waals surface area contributed by atoms with Crippen LogP contribution in [0.1, 0.15) is 39.9 Å². The molecule has 0 saturated heterocycles. The number of aryl methyl sites for hydroxylation is 1. The third-order valence-electron chi connectivity index (χ3n) is 6.16. The van der Waals surface area contributed by atoms with Gasteiger partial charge >= 0.3 is 5.97 Å². The maximum atomic E-state index is 15.0. The predicted molar refractivity (Wildman–Crippen MR) is 139 cm³/mol. The summed E-state index contributed by atoms with van der Waals surface area (Å²) in [5.74, 6) is 4.56. The molecule has 4 aromatic rings. The number of aromatic nitrogens is 2. The van der Waals surface area contributed by atoms with Gasteiger partial charge in [-0.3, -0.25) is 4.79 Å². The highest BCUT2D eigenvalue weighted by Gasteiger charge is 2.23. The maximum absolute atomic E-state index is 15.0. The zero-order chi connectivity index (χ0) is 26.6. The number of hydrogen-bond acceptors (Lipinski definition) is 5. The molecule has 3 aromatic carbocycles. The molecule has 1 fully saturated rings. The molecule has 1 aliphatic rings. The molecule has 1 amide bonds. The van der Waals surface area contributed by atoms with Crippen LogP contribution in [0.25, 0.3) is 22.8 Å². The van der Waals surface area contributed by atoms with Gasteiger partial charge in [0.05, 0.1) is 5.56 Å². The first-order valence-electron chi connectivity index (χ1n) is 12.2. The molecule has 7 nitrogen and oxygen atoms in total. The van der Waals surface area contributed by atoms with E-state index < -0.39 is 23.7 Å². The van der Waals surface area contributed by atoms with Crippen LogP contribution in [-0.2, 0) is 11.2 Å². The first-order valence-corrected chi connectivity index (χ1v) is 12.2. The quantitative estimate of drug-likeness (QED) is 0.338. The molecular formula is C30H24FN3O4. The molecule has 0 radical (unpaired) electrons. The Kier molecular flexibility index (Phi) is 7.00. The summed E-state index contributed by atoms with van der Waals surface area (Å²) in [5.41, 5.74) is 3.31. The SMILES string of the molecule is Cc1ccc(-c2nc(-c3ccc(C[C@@H](NC(=O)c4cccc(C#CC5CC5)c4)C(=O)O)cc3F)no2)cc1. The van der Waals surface area contributed by atoms with E-state index in [0.29, 0.717) is 28.2 Å². The monoisotopic (exact) mass is 509 g/mol. The molecule has 1 saturated carbocycles. The molecular weight excluding hydrogens is 485 g/mol. The van der Waals surface area contributed by atoms with E-state index in [-0.39, 0.29) is 23.7 Å². The summed E-state index contributed by atoms with van der Waals surface area (Å²) < 4.78 is 20.3. The van der Waals surface area contributed by atoms with E-state index in [0.717, 1.165) is 18.4 Å². The number of amides is 1. The normalized spacial score (nSPS) is 13.3. The summed E-state index contributed by atoms with van der Waals surface area (Å²) in [5, 5.41) is 16.1. The minimum Gasteiger partial charge on any atom is -0.480 e. The summed E-state index contributed by atoms with van der Waals surface area (Å²) >= 11 is 0. The van der Waals surface area contributed by atoms with Crippen LogP contribution in [0, 0.1) is 30.5 Å². The minimum absolute atomic E-state index is 0.0809. The number of nitrogens with one attached hydrogen (secondary N) is 1. The summed E-state index contributed by atoms with van der Waals surface area (Å²) in [6.45, 7) is 1.96. The van der Waals surface area contributed by atoms with E-state index in [1.165, 1.54) is 12.1 Å². The van der Waals surface area contributed by atoms with E-state index >= 15 is 0 Å². The van der Waals surface area contributed by atoms with Gasteiger partial charge in [-0.05, 0) is 67.8 Å². The van der Waals surface area contributed by atoms with Crippen molar-refractivity contribution in [2.75, 3.05) is 0 Å². The Bertz CT molecular complexity index is 1560. The number of carboxylic acid groups (broad SMARTS) is 1. The van der Waals surface area contributed by atoms with Gasteiger partial charge in [0.15, 0.2) is 0 Å². The number of rotatable bonds is 7. The van der Waals surface area contributed by atoms with Gasteiger partial charge in [-0.15, -0.1) is 0 Å². The fraction of sp³-hybridized carbons (Fsp3) is 0.200. The number of halogens is 1. The second kappa shape index (κ2) is 10.7. The van der Waals surface area contributed by atoms with Crippen molar-refractivity contribution in [2.45, 2.75) is 32.2 Å². The summed E-state index contributed by atoms with van der Waals surface area (Å²) in [6.07, 6.45) is 2.08. The summed E-state index contributed by atoms with van der Waals surface area (Å²) in [4.78, 5) is 29.0. The van der Waals surface area contributed by atoms with E-state index in [4.69, 9.17) is 4.52 Å². The molecule has 1 atom stereocenters. The zero-order valence-corrected chi connectivity index (χ0v) is 20.6. The Hall–Kier alpha value is -4.77. The number of hydrogen-bond donors (Lipinski definition) is 2. The highest BCUT2D eigenvalue weighted by atomic mass is 19.1. The maximum Gasteiger partial charge on any atom is 0.326 e. The lowest BCUT2D eigenvalue weighted by Crippen LogP contribution is -2.42. The van der Waals surface area contributed by atoms with E-state index in [1.54, 1.807) is 30.3 Å². The number of aliphatic carboxylic acids is 1. The van der Waals surface area contributed by atoms with Crippen LogP contribution in [0.15, 0.2) is 71.3 Å². The average molecular weight is 510 g/mol. The van der Waals surface area contributed by atoms with Crippen molar-refractivity contribution in [3.05, 3.63) is 94.8 Å². The lowest BCUT2D eigenvalue weighted by molar-refractivity contribution is -0.139. The molecule has 0 aliphatic heterocycles. The van der Waals surface area contributed by atoms with Crippen LogP contribution >= 0.6 is 0 Å². The predicted octanol–water partition coefficient (Wildman–Crippen LogP) is 5.04. The van der Waals surface area contributed by atoms with Crippen molar-refractivity contribution in [1.82, 2.24) is 15.5 Å². The number of benzene rings is 3. The van der Waals surface area contributed by atoms with Gasteiger partial charge in [0.2, 0.25) is 5.82 Å². The smallest absolute Gasteiger partial charge is 0.326 e. The second-order valence-electron chi connectivity index (χ2n) is 9.30. The van der Waals surface area contributed by atoms with Crippen molar-refractivity contribution in [3.63, 3.8) is 0 Å². The van der Waals surface area contributed by atoms with Crippen molar-refractivity contribution in [2.24, 2.45) is 5.92 Å². The van der Waals surface area contributed by atoms with Gasteiger partial charge in [-0.25, -0.2) is 9.18 Å². The van der Waals surface area contributed by atoms with E-state index in [9.17, 15) is 19.1 Å². The third-order valence-corrected chi connectivity index (χ3v) is 6.16. The molecule has 38 heavy (non-hydrogen) atoms. The fourth-order valence-electron chi connectivity index (χ4n) is 3.84.